The molecule has 0 amide bonds. The molecule has 2 aromatic heterocycles. The third-order valence-electron chi connectivity index (χ3n) is 5.30. The number of aromatic nitrogens is 4. The summed E-state index contributed by atoms with van der Waals surface area (Å²) in [5, 5.41) is 19.3. The number of benzene rings is 2. The van der Waals surface area contributed by atoms with Gasteiger partial charge in [0.25, 0.3) is 0 Å². The Labute approximate surface area is 172 Å². The number of hydrogen-bond donors (Lipinski definition) is 3. The van der Waals surface area contributed by atoms with E-state index in [2.05, 4.69) is 19.8 Å². The summed E-state index contributed by atoms with van der Waals surface area (Å²) in [6.45, 7) is 3.09. The van der Waals surface area contributed by atoms with Gasteiger partial charge in [-0.15, -0.1) is 0 Å². The maximum Gasteiger partial charge on any atom is 0.229 e. The van der Waals surface area contributed by atoms with Crippen molar-refractivity contribution >= 4 is 28.6 Å². The molecule has 2 aromatic carbocycles. The van der Waals surface area contributed by atoms with E-state index in [0.717, 1.165) is 37.6 Å². The summed E-state index contributed by atoms with van der Waals surface area (Å²) in [7, 11) is 0. The molecule has 1 aliphatic heterocycles. The van der Waals surface area contributed by atoms with Crippen LogP contribution in [0.4, 0.5) is 17.5 Å². The number of nitrogen functional groups attached to an aromatic ring is 1. The molecule has 0 unspecified atom stereocenters. The standard InChI is InChI=1S/C21H21N7O2/c22-19-18-20(28(13-23-18)15-2-1-3-17(30)12-15)25-21(24-19)27-10-8-26(9-11-27)14-4-6-16(29)7-5-14/h1-7,12-13,29-30H,8-11H2,(H2,22,24,25). The van der Waals surface area contributed by atoms with Gasteiger partial charge in [-0.25, -0.2) is 4.98 Å². The Bertz CT molecular complexity index is 1200. The normalized spacial score (nSPS) is 14.4. The highest BCUT2D eigenvalue weighted by Crippen LogP contribution is 2.26. The molecule has 3 heterocycles. The van der Waals surface area contributed by atoms with Gasteiger partial charge in [0.15, 0.2) is 17.0 Å². The van der Waals surface area contributed by atoms with Crippen molar-refractivity contribution in [2.45, 2.75) is 0 Å². The highest BCUT2D eigenvalue weighted by Gasteiger charge is 2.22. The molecule has 1 saturated heterocycles. The van der Waals surface area contributed by atoms with Crippen LogP contribution in [0.15, 0.2) is 54.9 Å². The number of piperazine rings is 1. The second-order valence-electron chi connectivity index (χ2n) is 7.21. The molecule has 0 spiro atoms. The Morgan fingerprint density at radius 1 is 0.800 bits per heavy atom. The number of imidazole rings is 1. The number of nitrogens with two attached hydrogens (primary N) is 1. The third kappa shape index (κ3) is 3.20. The zero-order valence-electron chi connectivity index (χ0n) is 16.2. The molecule has 0 aliphatic carbocycles. The van der Waals surface area contributed by atoms with Crippen molar-refractivity contribution in [3.63, 3.8) is 0 Å². The summed E-state index contributed by atoms with van der Waals surface area (Å²) < 4.78 is 1.79. The van der Waals surface area contributed by atoms with Crippen LogP contribution in [-0.2, 0) is 0 Å². The Morgan fingerprint density at radius 2 is 1.53 bits per heavy atom. The number of anilines is 3. The molecule has 4 aromatic rings. The Hall–Kier alpha value is -4.01. The molecule has 0 saturated carbocycles. The van der Waals surface area contributed by atoms with Crippen molar-refractivity contribution in [2.75, 3.05) is 41.7 Å². The van der Waals surface area contributed by atoms with Crippen LogP contribution in [0, 0.1) is 0 Å². The van der Waals surface area contributed by atoms with Crippen molar-refractivity contribution in [2.24, 2.45) is 0 Å². The lowest BCUT2D eigenvalue weighted by Gasteiger charge is -2.36. The maximum absolute atomic E-state index is 9.81. The van der Waals surface area contributed by atoms with E-state index < -0.39 is 0 Å². The Balaban J connectivity index is 1.42. The molecule has 152 valence electrons. The van der Waals surface area contributed by atoms with Gasteiger partial charge in [0.2, 0.25) is 5.95 Å². The minimum atomic E-state index is 0.168. The van der Waals surface area contributed by atoms with E-state index in [0.29, 0.717) is 22.9 Å². The van der Waals surface area contributed by atoms with E-state index in [1.807, 2.05) is 18.2 Å². The van der Waals surface area contributed by atoms with Crippen LogP contribution in [0.25, 0.3) is 16.9 Å². The van der Waals surface area contributed by atoms with E-state index in [9.17, 15) is 10.2 Å². The highest BCUT2D eigenvalue weighted by atomic mass is 16.3. The van der Waals surface area contributed by atoms with Gasteiger partial charge in [-0.2, -0.15) is 9.97 Å². The molecule has 0 bridgehead atoms. The first kappa shape index (κ1) is 18.0. The maximum atomic E-state index is 9.81. The van der Waals surface area contributed by atoms with Crippen LogP contribution >= 0.6 is 0 Å². The van der Waals surface area contributed by atoms with E-state index in [-0.39, 0.29) is 11.5 Å². The fraction of sp³-hybridized carbons (Fsp3) is 0.190. The number of nitrogens with zero attached hydrogens (tertiary/aromatic N) is 6. The molecule has 9 heteroatoms. The van der Waals surface area contributed by atoms with Gasteiger partial charge in [0.05, 0.1) is 5.69 Å². The van der Waals surface area contributed by atoms with Crippen molar-refractivity contribution in [3.8, 4) is 17.2 Å². The molecule has 5 rings (SSSR count). The summed E-state index contributed by atoms with van der Waals surface area (Å²) in [5.74, 6) is 1.32. The van der Waals surface area contributed by atoms with Gasteiger partial charge < -0.3 is 25.7 Å². The summed E-state index contributed by atoms with van der Waals surface area (Å²) in [4.78, 5) is 17.9. The van der Waals surface area contributed by atoms with Crippen LogP contribution in [-0.4, -0.2) is 55.9 Å². The number of phenols is 2. The molecule has 9 nitrogen and oxygen atoms in total. The van der Waals surface area contributed by atoms with E-state index in [1.165, 1.54) is 0 Å². The minimum absolute atomic E-state index is 0.168. The minimum Gasteiger partial charge on any atom is -0.508 e. The van der Waals surface area contributed by atoms with Crippen LogP contribution in [0.1, 0.15) is 0 Å². The SMILES string of the molecule is Nc1nc(N2CCN(c3ccc(O)cc3)CC2)nc2c1ncn2-c1cccc(O)c1. The van der Waals surface area contributed by atoms with E-state index >= 15 is 0 Å². The van der Waals surface area contributed by atoms with Crippen LogP contribution in [0.5, 0.6) is 11.5 Å². The number of fused-ring (bicyclic) bond motifs is 1. The molecular weight excluding hydrogens is 382 g/mol. The van der Waals surface area contributed by atoms with Gasteiger partial charge in [-0.1, -0.05) is 6.07 Å². The molecule has 4 N–H and O–H groups in total. The largest absolute Gasteiger partial charge is 0.508 e. The van der Waals surface area contributed by atoms with Gasteiger partial charge in [0.1, 0.15) is 17.8 Å². The Morgan fingerprint density at radius 3 is 2.27 bits per heavy atom. The fourth-order valence-electron chi connectivity index (χ4n) is 3.71. The molecule has 0 radical (unpaired) electrons. The molecule has 1 aliphatic rings. The van der Waals surface area contributed by atoms with Gasteiger partial charge in [-0.3, -0.25) is 4.57 Å². The Kier molecular flexibility index (Phi) is 4.27. The van der Waals surface area contributed by atoms with Crippen LogP contribution in [0.3, 0.4) is 0 Å². The number of hydrogen-bond acceptors (Lipinski definition) is 8. The second-order valence-corrected chi connectivity index (χ2v) is 7.21. The lowest BCUT2D eigenvalue weighted by molar-refractivity contribution is 0.474. The number of phenolic OH excluding ortho intramolecular Hbond substituents is 2. The number of aromatic hydroxyl groups is 2. The predicted octanol–water partition coefficient (Wildman–Crippen LogP) is 2.14. The molecule has 30 heavy (non-hydrogen) atoms. The van der Waals surface area contributed by atoms with Crippen LogP contribution in [0.2, 0.25) is 0 Å². The van der Waals surface area contributed by atoms with Crippen molar-refractivity contribution in [1.82, 2.24) is 19.5 Å². The monoisotopic (exact) mass is 403 g/mol. The lowest BCUT2D eigenvalue weighted by atomic mass is 10.2. The van der Waals surface area contributed by atoms with E-state index in [1.54, 1.807) is 41.2 Å². The molecule has 1 fully saturated rings. The van der Waals surface area contributed by atoms with Gasteiger partial charge in [-0.05, 0) is 36.4 Å². The molecule has 0 atom stereocenters. The average molecular weight is 403 g/mol. The second kappa shape index (κ2) is 7.11. The number of rotatable bonds is 3. The predicted molar refractivity (Wildman–Crippen MR) is 115 cm³/mol. The summed E-state index contributed by atoms with van der Waals surface area (Å²) >= 11 is 0. The first-order valence-electron chi connectivity index (χ1n) is 9.67. The smallest absolute Gasteiger partial charge is 0.229 e. The van der Waals surface area contributed by atoms with E-state index in [4.69, 9.17) is 10.7 Å². The van der Waals surface area contributed by atoms with Gasteiger partial charge >= 0.3 is 0 Å². The van der Waals surface area contributed by atoms with Crippen LogP contribution < -0.4 is 15.5 Å². The lowest BCUT2D eigenvalue weighted by Crippen LogP contribution is -2.47. The van der Waals surface area contributed by atoms with Crippen molar-refractivity contribution in [1.29, 1.82) is 0 Å². The molecular formula is C21H21N7O2. The summed E-state index contributed by atoms with van der Waals surface area (Å²) in [5.41, 5.74) is 9.14. The van der Waals surface area contributed by atoms with Gasteiger partial charge in [0, 0.05) is 37.9 Å². The van der Waals surface area contributed by atoms with Crippen molar-refractivity contribution < 1.29 is 10.2 Å². The zero-order chi connectivity index (χ0) is 20.7. The topological polar surface area (TPSA) is 117 Å². The zero-order valence-corrected chi connectivity index (χ0v) is 16.2. The summed E-state index contributed by atoms with van der Waals surface area (Å²) in [6, 6.07) is 14.1. The first-order valence-corrected chi connectivity index (χ1v) is 9.67. The third-order valence-corrected chi connectivity index (χ3v) is 5.30. The summed E-state index contributed by atoms with van der Waals surface area (Å²) in [6.07, 6.45) is 1.64. The quantitative estimate of drug-likeness (QED) is 0.476. The first-order chi connectivity index (χ1) is 14.6. The average Bonchev–Trinajstić information content (AvgIpc) is 3.19. The highest BCUT2D eigenvalue weighted by molar-refractivity contribution is 5.84. The fourth-order valence-corrected chi connectivity index (χ4v) is 3.71. The van der Waals surface area contributed by atoms with Crippen molar-refractivity contribution in [3.05, 3.63) is 54.9 Å².